The van der Waals surface area contributed by atoms with Crippen LogP contribution < -0.4 is 5.32 Å². The monoisotopic (exact) mass is 268 g/mol. The third-order valence-corrected chi connectivity index (χ3v) is 4.82. The Kier molecular flexibility index (Phi) is 4.85. The molecule has 110 valence electrons. The lowest BCUT2D eigenvalue weighted by Crippen LogP contribution is -2.49. The van der Waals surface area contributed by atoms with Crippen LogP contribution in [0.3, 0.4) is 0 Å². The molecule has 0 bridgehead atoms. The molecule has 2 unspecified atom stereocenters. The van der Waals surface area contributed by atoms with Crippen molar-refractivity contribution in [1.82, 2.24) is 10.2 Å². The van der Waals surface area contributed by atoms with Crippen molar-refractivity contribution in [3.05, 3.63) is 0 Å². The second-order valence-corrected chi connectivity index (χ2v) is 6.41. The maximum absolute atomic E-state index is 12.8. The average molecular weight is 268 g/mol. The molecule has 2 aliphatic heterocycles. The van der Waals surface area contributed by atoms with Crippen LogP contribution in [0.25, 0.3) is 0 Å². The van der Waals surface area contributed by atoms with Gasteiger partial charge in [0.1, 0.15) is 0 Å². The third kappa shape index (κ3) is 3.11. The minimum absolute atomic E-state index is 0.205. The van der Waals surface area contributed by atoms with E-state index in [1.54, 1.807) is 0 Å². The van der Waals surface area contributed by atoms with Crippen LogP contribution in [-0.2, 0) is 9.53 Å². The first-order chi connectivity index (χ1) is 9.06. The van der Waals surface area contributed by atoms with Crippen LogP contribution in [0.4, 0.5) is 0 Å². The molecule has 2 aliphatic rings. The van der Waals surface area contributed by atoms with Crippen LogP contribution in [0, 0.1) is 11.3 Å². The van der Waals surface area contributed by atoms with Crippen LogP contribution in [0.5, 0.6) is 0 Å². The normalized spacial score (nSPS) is 31.7. The molecule has 0 aliphatic carbocycles. The lowest BCUT2D eigenvalue weighted by Gasteiger charge is -2.37. The van der Waals surface area contributed by atoms with Gasteiger partial charge in [-0.3, -0.25) is 4.79 Å². The highest BCUT2D eigenvalue weighted by Gasteiger charge is 2.45. The number of likely N-dealkylation sites (N-methyl/N-ethyl adjacent to an activating group) is 1. The molecule has 0 aromatic heterocycles. The van der Waals surface area contributed by atoms with E-state index in [2.05, 4.69) is 19.2 Å². The van der Waals surface area contributed by atoms with E-state index in [1.807, 2.05) is 11.9 Å². The highest BCUT2D eigenvalue weighted by Crippen LogP contribution is 2.36. The standard InChI is InChI=1S/C15H28N2O2/c1-12(2)15(7-8-16-11-15)14(18)17(3)10-13-6-4-5-9-19-13/h12-13,16H,4-11H2,1-3H3. The fourth-order valence-electron chi connectivity index (χ4n) is 3.35. The van der Waals surface area contributed by atoms with Crippen molar-refractivity contribution in [2.24, 2.45) is 11.3 Å². The lowest BCUT2D eigenvalue weighted by atomic mass is 9.75. The van der Waals surface area contributed by atoms with Crippen LogP contribution in [-0.4, -0.2) is 50.2 Å². The van der Waals surface area contributed by atoms with E-state index in [0.717, 1.165) is 45.5 Å². The minimum atomic E-state index is -0.205. The summed E-state index contributed by atoms with van der Waals surface area (Å²) in [6, 6.07) is 0. The van der Waals surface area contributed by atoms with Crippen molar-refractivity contribution in [3.63, 3.8) is 0 Å². The topological polar surface area (TPSA) is 41.6 Å². The first-order valence-electron chi connectivity index (χ1n) is 7.64. The van der Waals surface area contributed by atoms with Crippen molar-refractivity contribution in [1.29, 1.82) is 0 Å². The molecule has 4 heteroatoms. The van der Waals surface area contributed by atoms with E-state index in [0.29, 0.717) is 11.8 Å². The van der Waals surface area contributed by atoms with Crippen molar-refractivity contribution in [3.8, 4) is 0 Å². The summed E-state index contributed by atoms with van der Waals surface area (Å²) < 4.78 is 5.75. The molecule has 0 radical (unpaired) electrons. The second-order valence-electron chi connectivity index (χ2n) is 6.41. The summed E-state index contributed by atoms with van der Waals surface area (Å²) in [6.45, 7) is 7.69. The summed E-state index contributed by atoms with van der Waals surface area (Å²) in [5.74, 6) is 0.673. The van der Waals surface area contributed by atoms with Gasteiger partial charge in [0.15, 0.2) is 0 Å². The summed E-state index contributed by atoms with van der Waals surface area (Å²) in [5, 5.41) is 3.36. The molecule has 2 saturated heterocycles. The molecule has 0 spiro atoms. The van der Waals surface area contributed by atoms with Gasteiger partial charge in [-0.1, -0.05) is 13.8 Å². The Bertz CT molecular complexity index is 305. The van der Waals surface area contributed by atoms with Gasteiger partial charge in [0.05, 0.1) is 11.5 Å². The molecule has 2 rings (SSSR count). The zero-order valence-electron chi connectivity index (χ0n) is 12.6. The molecular weight excluding hydrogens is 240 g/mol. The van der Waals surface area contributed by atoms with Crippen molar-refractivity contribution >= 4 is 5.91 Å². The van der Waals surface area contributed by atoms with E-state index in [-0.39, 0.29) is 11.5 Å². The van der Waals surface area contributed by atoms with Gasteiger partial charge in [-0.25, -0.2) is 0 Å². The SMILES string of the molecule is CC(C)C1(C(=O)N(C)CC2CCCCO2)CCNC1. The first kappa shape index (κ1) is 14.8. The Morgan fingerprint density at radius 3 is 2.79 bits per heavy atom. The summed E-state index contributed by atoms with van der Waals surface area (Å²) in [4.78, 5) is 14.7. The van der Waals surface area contributed by atoms with Gasteiger partial charge >= 0.3 is 0 Å². The zero-order valence-corrected chi connectivity index (χ0v) is 12.6. The highest BCUT2D eigenvalue weighted by atomic mass is 16.5. The molecule has 0 aromatic carbocycles. The first-order valence-corrected chi connectivity index (χ1v) is 7.64. The van der Waals surface area contributed by atoms with Crippen molar-refractivity contribution in [2.75, 3.05) is 33.3 Å². The minimum Gasteiger partial charge on any atom is -0.376 e. The van der Waals surface area contributed by atoms with E-state index in [4.69, 9.17) is 4.74 Å². The van der Waals surface area contributed by atoms with E-state index in [1.165, 1.54) is 6.42 Å². The Morgan fingerprint density at radius 2 is 2.26 bits per heavy atom. The number of hydrogen-bond acceptors (Lipinski definition) is 3. The molecule has 2 fully saturated rings. The number of carbonyl (C=O) groups is 1. The highest BCUT2D eigenvalue weighted by molar-refractivity contribution is 5.83. The van der Waals surface area contributed by atoms with Gasteiger partial charge in [0, 0.05) is 26.7 Å². The summed E-state index contributed by atoms with van der Waals surface area (Å²) >= 11 is 0. The number of ether oxygens (including phenoxy) is 1. The zero-order chi connectivity index (χ0) is 13.9. The molecule has 0 aromatic rings. The largest absolute Gasteiger partial charge is 0.376 e. The maximum atomic E-state index is 12.8. The van der Waals surface area contributed by atoms with Crippen molar-refractivity contribution in [2.45, 2.75) is 45.6 Å². The predicted octanol–water partition coefficient (Wildman–Crippen LogP) is 1.65. The van der Waals surface area contributed by atoms with Gasteiger partial charge in [0.2, 0.25) is 5.91 Å². The molecule has 1 N–H and O–H groups in total. The molecular formula is C15H28N2O2. The van der Waals surface area contributed by atoms with Gasteiger partial charge in [-0.15, -0.1) is 0 Å². The Morgan fingerprint density at radius 1 is 1.47 bits per heavy atom. The molecule has 19 heavy (non-hydrogen) atoms. The van der Waals surface area contributed by atoms with E-state index >= 15 is 0 Å². The van der Waals surface area contributed by atoms with Crippen LogP contribution in [0.1, 0.15) is 39.5 Å². The number of nitrogens with zero attached hydrogens (tertiary/aromatic N) is 1. The van der Waals surface area contributed by atoms with Crippen LogP contribution in [0.15, 0.2) is 0 Å². The number of nitrogens with one attached hydrogen (secondary N) is 1. The summed E-state index contributed by atoms with van der Waals surface area (Å²) in [6.07, 6.45) is 4.67. The Balaban J connectivity index is 1.96. The third-order valence-electron chi connectivity index (χ3n) is 4.82. The van der Waals surface area contributed by atoms with E-state index < -0.39 is 0 Å². The van der Waals surface area contributed by atoms with Gasteiger partial charge in [-0.2, -0.15) is 0 Å². The van der Waals surface area contributed by atoms with Gasteiger partial charge in [-0.05, 0) is 38.1 Å². The van der Waals surface area contributed by atoms with Gasteiger partial charge in [0.25, 0.3) is 0 Å². The smallest absolute Gasteiger partial charge is 0.230 e. The lowest BCUT2D eigenvalue weighted by molar-refractivity contribution is -0.144. The fourth-order valence-corrected chi connectivity index (χ4v) is 3.35. The number of amides is 1. The Labute approximate surface area is 116 Å². The molecule has 2 atom stereocenters. The molecule has 0 saturated carbocycles. The average Bonchev–Trinajstić information content (AvgIpc) is 2.89. The fraction of sp³-hybridized carbons (Fsp3) is 0.933. The van der Waals surface area contributed by atoms with Crippen LogP contribution in [0.2, 0.25) is 0 Å². The molecule has 2 heterocycles. The number of rotatable bonds is 4. The number of carbonyl (C=O) groups excluding carboxylic acids is 1. The second kappa shape index (κ2) is 6.23. The summed E-state index contributed by atoms with van der Waals surface area (Å²) in [5.41, 5.74) is -0.205. The Hall–Kier alpha value is -0.610. The summed E-state index contributed by atoms with van der Waals surface area (Å²) in [7, 11) is 1.93. The maximum Gasteiger partial charge on any atom is 0.230 e. The number of hydrogen-bond donors (Lipinski definition) is 1. The van der Waals surface area contributed by atoms with Crippen molar-refractivity contribution < 1.29 is 9.53 Å². The van der Waals surface area contributed by atoms with Gasteiger partial charge < -0.3 is 15.0 Å². The quantitative estimate of drug-likeness (QED) is 0.843. The molecule has 4 nitrogen and oxygen atoms in total. The van der Waals surface area contributed by atoms with E-state index in [9.17, 15) is 4.79 Å². The van der Waals surface area contributed by atoms with Crippen LogP contribution >= 0.6 is 0 Å². The predicted molar refractivity (Wildman–Crippen MR) is 76.0 cm³/mol. The molecule has 1 amide bonds.